The van der Waals surface area contributed by atoms with Gasteiger partial charge in [0.25, 0.3) is 5.91 Å². The average Bonchev–Trinajstić information content (AvgIpc) is 2.86. The van der Waals surface area contributed by atoms with E-state index in [4.69, 9.17) is 10.8 Å². The van der Waals surface area contributed by atoms with E-state index in [9.17, 15) is 9.59 Å². The van der Waals surface area contributed by atoms with E-state index >= 15 is 0 Å². The molecule has 0 bridgehead atoms. The van der Waals surface area contributed by atoms with Crippen LogP contribution in [0.1, 0.15) is 21.7 Å². The first kappa shape index (κ1) is 14.8. The molecule has 2 aromatic heterocycles. The molecule has 1 aliphatic heterocycles. The van der Waals surface area contributed by atoms with Crippen LogP contribution in [0.25, 0.3) is 5.82 Å². The molecule has 2 amide bonds. The Labute approximate surface area is 139 Å². The standard InChI is InChI=1S/C13H12IN5O3/c14-7-1-3-16-10(5-7)19-9-2-4-18(13(21)22)6-8(9)11(17-19)12(15)20/h1,3,5H,2,4,6H2,(H2,15,20)(H,21,22). The molecule has 114 valence electrons. The summed E-state index contributed by atoms with van der Waals surface area (Å²) in [5, 5.41) is 13.4. The zero-order valence-corrected chi connectivity index (χ0v) is 13.5. The van der Waals surface area contributed by atoms with Gasteiger partial charge in [-0.15, -0.1) is 0 Å². The monoisotopic (exact) mass is 413 g/mol. The van der Waals surface area contributed by atoms with Crippen molar-refractivity contribution in [1.82, 2.24) is 19.7 Å². The fourth-order valence-electron chi connectivity index (χ4n) is 2.48. The molecule has 0 radical (unpaired) electrons. The van der Waals surface area contributed by atoms with Gasteiger partial charge in [-0.1, -0.05) is 0 Å². The molecule has 2 aromatic rings. The highest BCUT2D eigenvalue weighted by atomic mass is 127. The Hall–Kier alpha value is -2.17. The number of carbonyl (C=O) groups excluding carboxylic acids is 1. The van der Waals surface area contributed by atoms with Gasteiger partial charge in [0.15, 0.2) is 11.5 Å². The fourth-order valence-corrected chi connectivity index (χ4v) is 2.92. The molecule has 0 saturated carbocycles. The van der Waals surface area contributed by atoms with Crippen LogP contribution in [-0.4, -0.2) is 43.3 Å². The molecular weight excluding hydrogens is 401 g/mol. The lowest BCUT2D eigenvalue weighted by Crippen LogP contribution is -2.35. The average molecular weight is 413 g/mol. The molecule has 3 heterocycles. The van der Waals surface area contributed by atoms with E-state index in [0.717, 1.165) is 9.26 Å². The number of carbonyl (C=O) groups is 2. The Kier molecular flexibility index (Phi) is 3.72. The van der Waals surface area contributed by atoms with Crippen molar-refractivity contribution >= 4 is 34.6 Å². The summed E-state index contributed by atoms with van der Waals surface area (Å²) in [7, 11) is 0. The second-order valence-corrected chi connectivity index (χ2v) is 6.08. The predicted octanol–water partition coefficient (Wildman–Crippen LogP) is 1.01. The van der Waals surface area contributed by atoms with Gasteiger partial charge < -0.3 is 15.7 Å². The lowest BCUT2D eigenvalue weighted by Gasteiger charge is -2.24. The molecular formula is C13H12IN5O3. The largest absolute Gasteiger partial charge is 0.465 e. The number of pyridine rings is 1. The summed E-state index contributed by atoms with van der Waals surface area (Å²) in [6.07, 6.45) is 1.08. The molecule has 0 aromatic carbocycles. The zero-order valence-electron chi connectivity index (χ0n) is 11.4. The fraction of sp³-hybridized carbons (Fsp3) is 0.231. The number of fused-ring (bicyclic) bond motifs is 1. The number of carboxylic acid groups (broad SMARTS) is 1. The summed E-state index contributed by atoms with van der Waals surface area (Å²) in [6.45, 7) is 0.447. The molecule has 0 unspecified atom stereocenters. The van der Waals surface area contributed by atoms with Crippen molar-refractivity contribution in [2.45, 2.75) is 13.0 Å². The third-order valence-electron chi connectivity index (χ3n) is 3.49. The van der Waals surface area contributed by atoms with Crippen LogP contribution in [0.15, 0.2) is 18.3 Å². The van der Waals surface area contributed by atoms with Crippen LogP contribution in [0.4, 0.5) is 4.79 Å². The number of amides is 2. The molecule has 3 rings (SSSR count). The van der Waals surface area contributed by atoms with Gasteiger partial charge in [0.1, 0.15) is 0 Å². The topological polar surface area (TPSA) is 114 Å². The molecule has 3 N–H and O–H groups in total. The van der Waals surface area contributed by atoms with E-state index in [0.29, 0.717) is 24.3 Å². The van der Waals surface area contributed by atoms with Crippen molar-refractivity contribution in [2.24, 2.45) is 5.73 Å². The number of aromatic nitrogens is 3. The Morgan fingerprint density at radius 1 is 1.41 bits per heavy atom. The Morgan fingerprint density at radius 3 is 2.82 bits per heavy atom. The minimum atomic E-state index is -1.03. The molecule has 9 heteroatoms. The Bertz CT molecular complexity index is 773. The van der Waals surface area contributed by atoms with Crippen molar-refractivity contribution in [3.8, 4) is 5.82 Å². The maximum Gasteiger partial charge on any atom is 0.407 e. The van der Waals surface area contributed by atoms with E-state index in [-0.39, 0.29) is 12.2 Å². The first-order valence-corrected chi connectivity index (χ1v) is 7.55. The summed E-state index contributed by atoms with van der Waals surface area (Å²) < 4.78 is 2.56. The van der Waals surface area contributed by atoms with Crippen molar-refractivity contribution in [2.75, 3.05) is 6.54 Å². The highest BCUT2D eigenvalue weighted by molar-refractivity contribution is 14.1. The van der Waals surface area contributed by atoms with Crippen LogP contribution in [0.2, 0.25) is 0 Å². The van der Waals surface area contributed by atoms with E-state index in [1.807, 2.05) is 12.1 Å². The quantitative estimate of drug-likeness (QED) is 0.714. The van der Waals surface area contributed by atoms with Gasteiger partial charge in [-0.2, -0.15) is 5.10 Å². The van der Waals surface area contributed by atoms with E-state index in [2.05, 4.69) is 32.7 Å². The summed E-state index contributed by atoms with van der Waals surface area (Å²) in [4.78, 5) is 28.3. The van der Waals surface area contributed by atoms with E-state index < -0.39 is 12.0 Å². The number of halogens is 1. The molecule has 0 fully saturated rings. The van der Waals surface area contributed by atoms with E-state index in [1.54, 1.807) is 10.9 Å². The van der Waals surface area contributed by atoms with Crippen molar-refractivity contribution < 1.29 is 14.7 Å². The highest BCUT2D eigenvalue weighted by Crippen LogP contribution is 2.25. The number of primary amides is 1. The maximum atomic E-state index is 11.6. The minimum Gasteiger partial charge on any atom is -0.465 e. The van der Waals surface area contributed by atoms with Gasteiger partial charge in [0, 0.05) is 28.3 Å². The van der Waals surface area contributed by atoms with Gasteiger partial charge in [-0.3, -0.25) is 4.79 Å². The van der Waals surface area contributed by atoms with Crippen LogP contribution in [0.3, 0.4) is 0 Å². The van der Waals surface area contributed by atoms with Crippen LogP contribution in [-0.2, 0) is 13.0 Å². The SMILES string of the molecule is NC(=O)c1nn(-c2cc(I)ccn2)c2c1CN(C(=O)O)CC2. The maximum absolute atomic E-state index is 11.6. The van der Waals surface area contributed by atoms with Crippen LogP contribution in [0, 0.1) is 3.57 Å². The molecule has 0 saturated heterocycles. The third-order valence-corrected chi connectivity index (χ3v) is 4.16. The van der Waals surface area contributed by atoms with Crippen LogP contribution >= 0.6 is 22.6 Å². The molecule has 0 atom stereocenters. The number of rotatable bonds is 2. The normalized spacial score (nSPS) is 13.8. The van der Waals surface area contributed by atoms with Gasteiger partial charge in [-0.05, 0) is 34.7 Å². The van der Waals surface area contributed by atoms with Crippen molar-refractivity contribution in [1.29, 1.82) is 0 Å². The van der Waals surface area contributed by atoms with Crippen LogP contribution < -0.4 is 5.73 Å². The van der Waals surface area contributed by atoms with E-state index in [1.165, 1.54) is 4.90 Å². The molecule has 0 spiro atoms. The Balaban J connectivity index is 2.13. The lowest BCUT2D eigenvalue weighted by atomic mass is 10.1. The summed E-state index contributed by atoms with van der Waals surface area (Å²) in [5.74, 6) is -0.0905. The zero-order chi connectivity index (χ0) is 15.9. The van der Waals surface area contributed by atoms with Gasteiger partial charge >= 0.3 is 6.09 Å². The van der Waals surface area contributed by atoms with Gasteiger partial charge in [0.05, 0.1) is 12.2 Å². The summed E-state index contributed by atoms with van der Waals surface area (Å²) in [5.41, 5.74) is 6.81. The van der Waals surface area contributed by atoms with Crippen molar-refractivity contribution in [3.63, 3.8) is 0 Å². The number of nitrogens with zero attached hydrogens (tertiary/aromatic N) is 4. The highest BCUT2D eigenvalue weighted by Gasteiger charge is 2.29. The second kappa shape index (κ2) is 5.55. The first-order valence-electron chi connectivity index (χ1n) is 6.47. The van der Waals surface area contributed by atoms with Crippen LogP contribution in [0.5, 0.6) is 0 Å². The minimum absolute atomic E-state index is 0.0987. The van der Waals surface area contributed by atoms with Gasteiger partial charge in [-0.25, -0.2) is 14.5 Å². The smallest absolute Gasteiger partial charge is 0.407 e. The third kappa shape index (κ3) is 2.51. The van der Waals surface area contributed by atoms with Crippen molar-refractivity contribution in [3.05, 3.63) is 38.9 Å². The lowest BCUT2D eigenvalue weighted by molar-refractivity contribution is 0.0991. The summed E-state index contributed by atoms with van der Waals surface area (Å²) in [6, 6.07) is 3.68. The molecule has 22 heavy (non-hydrogen) atoms. The number of hydrogen-bond acceptors (Lipinski definition) is 4. The second-order valence-electron chi connectivity index (χ2n) is 4.84. The number of hydrogen-bond donors (Lipinski definition) is 2. The number of nitrogens with two attached hydrogens (primary N) is 1. The molecule has 1 aliphatic rings. The summed E-state index contributed by atoms with van der Waals surface area (Å²) >= 11 is 2.16. The predicted molar refractivity (Wildman–Crippen MR) is 84.7 cm³/mol. The molecule has 8 nitrogen and oxygen atoms in total. The first-order chi connectivity index (χ1) is 10.5. The Morgan fingerprint density at radius 2 is 2.18 bits per heavy atom. The van der Waals surface area contributed by atoms with Gasteiger partial charge in [0.2, 0.25) is 0 Å². The molecule has 0 aliphatic carbocycles.